The number of allylic oxidation sites excluding steroid dienone is 2. The zero-order valence-electron chi connectivity index (χ0n) is 26.1. The summed E-state index contributed by atoms with van der Waals surface area (Å²) in [5.74, 6) is 0.222. The fourth-order valence-electron chi connectivity index (χ4n) is 4.56. The lowest BCUT2D eigenvalue weighted by molar-refractivity contribution is 0.0991. The average Bonchev–Trinajstić information content (AvgIpc) is 3.43. The molecule has 0 spiro atoms. The minimum Gasteiger partial charge on any atom is -0.494 e. The number of hydrogen-bond acceptors (Lipinski definition) is 9. The van der Waals surface area contributed by atoms with Gasteiger partial charge in [-0.2, -0.15) is 0 Å². The number of fused-ring (bicyclic) bond motifs is 2. The van der Waals surface area contributed by atoms with E-state index in [1.165, 1.54) is 7.11 Å². The van der Waals surface area contributed by atoms with Gasteiger partial charge in [-0.25, -0.2) is 9.97 Å². The Balaban J connectivity index is 1.55. The first-order chi connectivity index (χ1) is 20.6. The van der Waals surface area contributed by atoms with Crippen LogP contribution in [0.2, 0.25) is 18.1 Å². The molecule has 0 fully saturated rings. The second-order valence-corrected chi connectivity index (χ2v) is 16.9. The van der Waals surface area contributed by atoms with Crippen molar-refractivity contribution >= 4 is 54.1 Å². The van der Waals surface area contributed by atoms with Crippen LogP contribution in [-0.2, 0) is 17.5 Å². The zero-order valence-corrected chi connectivity index (χ0v) is 27.1. The van der Waals surface area contributed by atoms with E-state index in [4.69, 9.17) is 36.8 Å². The minimum atomic E-state index is -1.87. The molecule has 2 heterocycles. The van der Waals surface area contributed by atoms with Gasteiger partial charge < -0.3 is 46.0 Å². The number of ether oxygens (including phenoxy) is 2. The van der Waals surface area contributed by atoms with E-state index in [0.717, 1.165) is 0 Å². The van der Waals surface area contributed by atoms with Gasteiger partial charge in [-0.1, -0.05) is 32.9 Å². The monoisotopic (exact) mass is 622 g/mol. The van der Waals surface area contributed by atoms with E-state index < -0.39 is 20.1 Å². The summed E-state index contributed by atoms with van der Waals surface area (Å²) in [6, 6.07) is 6.36. The second kappa shape index (κ2) is 12.6. The number of primary amides is 2. The summed E-state index contributed by atoms with van der Waals surface area (Å²) in [5, 5.41) is 0.116. The summed E-state index contributed by atoms with van der Waals surface area (Å²) in [7, 11) is -0.371. The largest absolute Gasteiger partial charge is 0.494 e. The molecule has 236 valence electrons. The van der Waals surface area contributed by atoms with Crippen LogP contribution in [0.25, 0.3) is 22.1 Å². The molecule has 0 aliphatic heterocycles. The third-order valence-electron chi connectivity index (χ3n) is 8.02. The summed E-state index contributed by atoms with van der Waals surface area (Å²) in [6.07, 6.45) is 4.48. The van der Waals surface area contributed by atoms with Crippen LogP contribution in [0.3, 0.4) is 0 Å². The molecule has 2 amide bonds. The Kier molecular flexibility index (Phi) is 9.25. The van der Waals surface area contributed by atoms with Crippen LogP contribution in [0, 0.1) is 0 Å². The highest BCUT2D eigenvalue weighted by molar-refractivity contribution is 6.74. The summed E-state index contributed by atoms with van der Waals surface area (Å²) in [4.78, 5) is 32.6. The highest BCUT2D eigenvalue weighted by atomic mass is 28.4. The van der Waals surface area contributed by atoms with Gasteiger partial charge in [0.05, 0.1) is 24.8 Å². The van der Waals surface area contributed by atoms with Gasteiger partial charge in [-0.15, -0.1) is 0 Å². The normalized spacial score (nSPS) is 12.4. The highest BCUT2D eigenvalue weighted by Gasteiger charge is 2.36. The lowest BCUT2D eigenvalue weighted by atomic mass is 10.1. The van der Waals surface area contributed by atoms with Crippen molar-refractivity contribution in [1.82, 2.24) is 19.1 Å². The quantitative estimate of drug-likeness (QED) is 0.0971. The summed E-state index contributed by atoms with van der Waals surface area (Å²) >= 11 is 0. The molecule has 0 saturated heterocycles. The lowest BCUT2D eigenvalue weighted by Crippen LogP contribution is -2.41. The van der Waals surface area contributed by atoms with Crippen LogP contribution in [-0.4, -0.2) is 59.6 Å². The van der Waals surface area contributed by atoms with Crippen LogP contribution >= 0.6 is 0 Å². The van der Waals surface area contributed by atoms with Crippen molar-refractivity contribution in [3.63, 3.8) is 0 Å². The fourth-order valence-corrected chi connectivity index (χ4v) is 5.65. The van der Waals surface area contributed by atoms with Gasteiger partial charge in [0.2, 0.25) is 23.7 Å². The Labute approximate surface area is 257 Å². The molecule has 0 saturated carbocycles. The number of nitrogen functional groups attached to an aromatic ring is 2. The first kappa shape index (κ1) is 32.4. The van der Waals surface area contributed by atoms with Crippen LogP contribution in [0.1, 0.15) is 47.9 Å². The molecule has 0 unspecified atom stereocenters. The molecule has 0 aliphatic carbocycles. The van der Waals surface area contributed by atoms with Crippen molar-refractivity contribution in [2.24, 2.45) is 11.5 Å². The molecule has 44 heavy (non-hydrogen) atoms. The number of nitrogens with two attached hydrogens (primary N) is 4. The van der Waals surface area contributed by atoms with E-state index in [-0.39, 0.29) is 28.1 Å². The number of amides is 2. The minimum absolute atomic E-state index is 0.116. The molecule has 0 radical (unpaired) electrons. The Morgan fingerprint density at radius 3 is 1.77 bits per heavy atom. The number of benzene rings is 2. The maximum absolute atomic E-state index is 12.0. The fraction of sp³-hybridized carbons (Fsp3) is 0.400. The Morgan fingerprint density at radius 2 is 1.32 bits per heavy atom. The van der Waals surface area contributed by atoms with Crippen LogP contribution in [0.5, 0.6) is 11.5 Å². The SMILES string of the molecule is COc1cc(C(N)=O)cc2nc(N)n(CC=CCn3c(N)nc4cc(C(N)=O)cc(OCCCO[Si](C)(C)C(C)(C)C)c43)c12. The third-order valence-corrected chi connectivity index (χ3v) is 12.6. The van der Waals surface area contributed by atoms with Gasteiger partial charge in [-0.3, -0.25) is 9.59 Å². The molecular weight excluding hydrogens is 580 g/mol. The van der Waals surface area contributed by atoms with E-state index in [2.05, 4.69) is 43.8 Å². The molecule has 0 atom stereocenters. The third kappa shape index (κ3) is 6.65. The Hall–Kier alpha value is -4.56. The van der Waals surface area contributed by atoms with Gasteiger partial charge in [0.15, 0.2) is 8.32 Å². The first-order valence-corrected chi connectivity index (χ1v) is 17.2. The maximum Gasteiger partial charge on any atom is 0.248 e. The predicted octanol–water partition coefficient (Wildman–Crippen LogP) is 3.80. The van der Waals surface area contributed by atoms with E-state index in [9.17, 15) is 9.59 Å². The number of anilines is 2. The molecule has 8 N–H and O–H groups in total. The van der Waals surface area contributed by atoms with Crippen molar-refractivity contribution in [2.45, 2.75) is 58.4 Å². The Bertz CT molecular complexity index is 1740. The van der Waals surface area contributed by atoms with Crippen LogP contribution < -0.4 is 32.4 Å². The van der Waals surface area contributed by atoms with Crippen molar-refractivity contribution in [3.05, 3.63) is 47.5 Å². The van der Waals surface area contributed by atoms with Gasteiger partial charge in [0, 0.05) is 37.2 Å². The molecule has 0 aliphatic rings. The second-order valence-electron chi connectivity index (χ2n) is 12.1. The number of carbonyl (C=O) groups is 2. The van der Waals surface area contributed by atoms with Gasteiger partial charge in [-0.05, 0) is 42.4 Å². The number of imidazole rings is 2. The number of carbonyl (C=O) groups excluding carboxylic acids is 2. The summed E-state index contributed by atoms with van der Waals surface area (Å²) in [6.45, 7) is 12.7. The highest BCUT2D eigenvalue weighted by Crippen LogP contribution is 2.37. The van der Waals surface area contributed by atoms with Crippen molar-refractivity contribution in [2.75, 3.05) is 31.8 Å². The van der Waals surface area contributed by atoms with Gasteiger partial charge in [0.25, 0.3) is 0 Å². The Morgan fingerprint density at radius 1 is 0.841 bits per heavy atom. The number of hydrogen-bond donors (Lipinski definition) is 4. The zero-order chi connectivity index (χ0) is 32.4. The standard InChI is InChI=1S/C30H42N8O5Si/c1-30(2,3)44(5,6)43-13-9-12-42-23-17-19(27(32)40)15-21-25(23)38(29(34)36-21)11-8-7-10-37-24-20(35-28(37)33)14-18(26(31)39)16-22(24)41-4/h7-8,14-17H,9-13H2,1-6H3,(H2,31,39)(H2,32,40)(H2,33,35)(H2,34,36). The maximum atomic E-state index is 12.0. The van der Waals surface area contributed by atoms with E-state index in [1.54, 1.807) is 33.4 Å². The van der Waals surface area contributed by atoms with Crippen LogP contribution in [0.4, 0.5) is 11.9 Å². The molecule has 14 heteroatoms. The van der Waals surface area contributed by atoms with Gasteiger partial charge >= 0.3 is 0 Å². The summed E-state index contributed by atoms with van der Waals surface area (Å²) in [5.41, 5.74) is 26.4. The predicted molar refractivity (Wildman–Crippen MR) is 174 cm³/mol. The van der Waals surface area contributed by atoms with Crippen molar-refractivity contribution < 1.29 is 23.5 Å². The number of methoxy groups -OCH3 is 1. The molecule has 2 aromatic heterocycles. The van der Waals surface area contributed by atoms with E-state index >= 15 is 0 Å². The number of nitrogens with zero attached hydrogens (tertiary/aromatic N) is 4. The van der Waals surface area contributed by atoms with Gasteiger partial charge in [0.1, 0.15) is 22.5 Å². The van der Waals surface area contributed by atoms with Crippen LogP contribution in [0.15, 0.2) is 36.4 Å². The number of aromatic nitrogens is 4. The molecular formula is C30H42N8O5Si. The average molecular weight is 623 g/mol. The summed E-state index contributed by atoms with van der Waals surface area (Å²) < 4.78 is 21.5. The molecule has 0 bridgehead atoms. The topological polar surface area (TPSA) is 202 Å². The number of rotatable bonds is 13. The van der Waals surface area contributed by atoms with Crippen molar-refractivity contribution in [3.8, 4) is 11.5 Å². The first-order valence-electron chi connectivity index (χ1n) is 14.3. The van der Waals surface area contributed by atoms with E-state index in [1.807, 2.05) is 12.2 Å². The van der Waals surface area contributed by atoms with E-state index in [0.29, 0.717) is 66.3 Å². The molecule has 4 aromatic rings. The molecule has 2 aromatic carbocycles. The lowest BCUT2D eigenvalue weighted by Gasteiger charge is -2.36. The molecule has 4 rings (SSSR count). The smallest absolute Gasteiger partial charge is 0.248 e. The molecule has 13 nitrogen and oxygen atoms in total. The van der Waals surface area contributed by atoms with Crippen molar-refractivity contribution in [1.29, 1.82) is 0 Å².